The van der Waals surface area contributed by atoms with Crippen molar-refractivity contribution in [3.8, 4) is 5.69 Å². The Bertz CT molecular complexity index is 860. The number of esters is 1. The second-order valence-corrected chi connectivity index (χ2v) is 8.26. The van der Waals surface area contributed by atoms with Gasteiger partial charge in [0.25, 0.3) is 0 Å². The lowest BCUT2D eigenvalue weighted by Crippen LogP contribution is -2.21. The number of unbranched alkanes of at least 4 members (excludes halogenated alkanes) is 1. The van der Waals surface area contributed by atoms with Gasteiger partial charge in [-0.1, -0.05) is 13.3 Å². The topological polar surface area (TPSA) is 80.6 Å². The molecule has 150 valence electrons. The average molecular weight is 403 g/mol. The predicted octanol–water partition coefficient (Wildman–Crippen LogP) is 3.84. The number of benzene rings is 1. The lowest BCUT2D eigenvalue weighted by molar-refractivity contribution is -0.136. The van der Waals surface area contributed by atoms with Crippen molar-refractivity contribution in [2.75, 3.05) is 13.2 Å². The molecule has 0 spiro atoms. The van der Waals surface area contributed by atoms with Gasteiger partial charge in [-0.3, -0.25) is 10.1 Å². The summed E-state index contributed by atoms with van der Waals surface area (Å²) in [6, 6.07) is 9.48. The van der Waals surface area contributed by atoms with Crippen LogP contribution in [0.2, 0.25) is 0 Å². The second-order valence-electron chi connectivity index (χ2n) is 6.95. The second kappa shape index (κ2) is 8.84. The van der Waals surface area contributed by atoms with Crippen LogP contribution in [-0.2, 0) is 9.53 Å². The van der Waals surface area contributed by atoms with Gasteiger partial charge in [-0.05, 0) is 50.6 Å². The Morgan fingerprint density at radius 1 is 1.29 bits per heavy atom. The molecule has 0 aliphatic carbocycles. The van der Waals surface area contributed by atoms with Gasteiger partial charge in [0.2, 0.25) is 0 Å². The Balaban J connectivity index is 1.78. The first kappa shape index (κ1) is 20.5. The van der Waals surface area contributed by atoms with E-state index in [1.165, 1.54) is 11.8 Å². The highest BCUT2D eigenvalue weighted by Crippen LogP contribution is 2.38. The summed E-state index contributed by atoms with van der Waals surface area (Å²) in [5.41, 5.74) is 4.72. The van der Waals surface area contributed by atoms with Gasteiger partial charge in [0, 0.05) is 29.2 Å². The van der Waals surface area contributed by atoms with Crippen LogP contribution in [0.4, 0.5) is 0 Å². The number of nitrogens with zero attached hydrogens (tertiary/aromatic N) is 1. The first-order valence-corrected chi connectivity index (χ1v) is 10.4. The SMILES string of the molecule is CCCCOC(=O)c1ccc(-n2c(C)cc([C@@H]3NC[C@@H](C(=O)O)S3)c2C)cc1. The number of carbonyl (C=O) groups excluding carboxylic acids is 1. The zero-order chi connectivity index (χ0) is 20.3. The average Bonchev–Trinajstić information content (AvgIpc) is 3.27. The van der Waals surface area contributed by atoms with E-state index >= 15 is 0 Å². The minimum absolute atomic E-state index is 0.0335. The highest BCUT2D eigenvalue weighted by atomic mass is 32.2. The van der Waals surface area contributed by atoms with Crippen molar-refractivity contribution >= 4 is 23.7 Å². The van der Waals surface area contributed by atoms with Crippen molar-refractivity contribution < 1.29 is 19.4 Å². The summed E-state index contributed by atoms with van der Waals surface area (Å²) in [6.07, 6.45) is 1.85. The molecule has 7 heteroatoms. The summed E-state index contributed by atoms with van der Waals surface area (Å²) >= 11 is 1.43. The van der Waals surface area contributed by atoms with Crippen LogP contribution in [0.1, 0.15) is 52.4 Å². The molecular formula is C21H26N2O4S. The Labute approximate surface area is 169 Å². The van der Waals surface area contributed by atoms with E-state index < -0.39 is 11.2 Å². The quantitative estimate of drug-likeness (QED) is 0.541. The smallest absolute Gasteiger partial charge is 0.338 e. The molecule has 2 atom stereocenters. The van der Waals surface area contributed by atoms with Gasteiger partial charge in [-0.2, -0.15) is 0 Å². The molecule has 1 aliphatic rings. The van der Waals surface area contributed by atoms with Gasteiger partial charge >= 0.3 is 11.9 Å². The summed E-state index contributed by atoms with van der Waals surface area (Å²) in [7, 11) is 0. The number of carboxylic acids is 1. The van der Waals surface area contributed by atoms with Crippen molar-refractivity contribution in [3.05, 3.63) is 52.8 Å². The Hall–Kier alpha value is -2.25. The molecule has 0 unspecified atom stereocenters. The van der Waals surface area contributed by atoms with Crippen LogP contribution in [0.3, 0.4) is 0 Å². The predicted molar refractivity (Wildman–Crippen MR) is 110 cm³/mol. The molecule has 28 heavy (non-hydrogen) atoms. The highest BCUT2D eigenvalue weighted by Gasteiger charge is 2.32. The first-order chi connectivity index (χ1) is 13.4. The fourth-order valence-electron chi connectivity index (χ4n) is 3.39. The van der Waals surface area contributed by atoms with Gasteiger partial charge < -0.3 is 14.4 Å². The Kier molecular flexibility index (Phi) is 6.46. The molecule has 1 fully saturated rings. The Morgan fingerprint density at radius 3 is 2.61 bits per heavy atom. The molecule has 1 aromatic carbocycles. The van der Waals surface area contributed by atoms with Crippen molar-refractivity contribution in [1.29, 1.82) is 0 Å². The summed E-state index contributed by atoms with van der Waals surface area (Å²) in [4.78, 5) is 23.3. The molecular weight excluding hydrogens is 376 g/mol. The highest BCUT2D eigenvalue weighted by molar-refractivity contribution is 8.01. The normalized spacial score (nSPS) is 19.0. The van der Waals surface area contributed by atoms with E-state index in [2.05, 4.69) is 22.9 Å². The van der Waals surface area contributed by atoms with E-state index in [4.69, 9.17) is 4.74 Å². The molecule has 0 saturated carbocycles. The van der Waals surface area contributed by atoms with Crippen molar-refractivity contribution in [2.24, 2.45) is 0 Å². The fraction of sp³-hybridized carbons (Fsp3) is 0.429. The molecule has 2 heterocycles. The minimum Gasteiger partial charge on any atom is -0.480 e. The van der Waals surface area contributed by atoms with E-state index in [9.17, 15) is 14.7 Å². The van der Waals surface area contributed by atoms with E-state index in [0.29, 0.717) is 18.7 Å². The number of nitrogens with one attached hydrogen (secondary N) is 1. The monoisotopic (exact) mass is 402 g/mol. The zero-order valence-electron chi connectivity index (χ0n) is 16.4. The number of carbonyl (C=O) groups is 2. The van der Waals surface area contributed by atoms with Gasteiger partial charge in [-0.25, -0.2) is 4.79 Å². The van der Waals surface area contributed by atoms with Crippen molar-refractivity contribution in [2.45, 2.75) is 44.2 Å². The molecule has 0 amide bonds. The maximum absolute atomic E-state index is 12.1. The van der Waals surface area contributed by atoms with E-state index in [1.54, 1.807) is 12.1 Å². The van der Waals surface area contributed by atoms with Crippen LogP contribution in [-0.4, -0.2) is 40.0 Å². The molecule has 3 rings (SSSR count). The van der Waals surface area contributed by atoms with E-state index in [-0.39, 0.29) is 11.3 Å². The maximum atomic E-state index is 12.1. The van der Waals surface area contributed by atoms with Crippen molar-refractivity contribution in [3.63, 3.8) is 0 Å². The number of hydrogen-bond acceptors (Lipinski definition) is 5. The lowest BCUT2D eigenvalue weighted by Gasteiger charge is -2.13. The zero-order valence-corrected chi connectivity index (χ0v) is 17.2. The van der Waals surface area contributed by atoms with Gasteiger partial charge in [0.05, 0.1) is 17.5 Å². The minimum atomic E-state index is -0.782. The number of aliphatic carboxylic acids is 1. The number of thioether (sulfide) groups is 1. The first-order valence-electron chi connectivity index (χ1n) is 9.50. The van der Waals surface area contributed by atoms with Gasteiger partial charge in [-0.15, -0.1) is 11.8 Å². The summed E-state index contributed by atoms with van der Waals surface area (Å²) in [5.74, 6) is -1.08. The van der Waals surface area contributed by atoms with Crippen LogP contribution < -0.4 is 5.32 Å². The lowest BCUT2D eigenvalue weighted by atomic mass is 10.2. The van der Waals surface area contributed by atoms with E-state index in [1.807, 2.05) is 26.0 Å². The third-order valence-electron chi connectivity index (χ3n) is 4.91. The van der Waals surface area contributed by atoms with Crippen LogP contribution in [0, 0.1) is 13.8 Å². The summed E-state index contributed by atoms with van der Waals surface area (Å²) < 4.78 is 7.38. The number of aromatic nitrogens is 1. The standard InChI is InChI=1S/C21H26N2O4S/c1-4-5-10-27-21(26)15-6-8-16(9-7-15)23-13(2)11-17(14(23)3)19-22-12-18(28-19)20(24)25/h6-9,11,18-19,22H,4-5,10,12H2,1-3H3,(H,24,25)/t18-,19+/m0/s1. The maximum Gasteiger partial charge on any atom is 0.338 e. The summed E-state index contributed by atoms with van der Waals surface area (Å²) in [6.45, 7) is 7.02. The molecule has 1 saturated heterocycles. The molecule has 1 aliphatic heterocycles. The number of hydrogen-bond donors (Lipinski definition) is 2. The number of aryl methyl sites for hydroxylation is 1. The van der Waals surface area contributed by atoms with Crippen molar-refractivity contribution in [1.82, 2.24) is 9.88 Å². The largest absolute Gasteiger partial charge is 0.480 e. The number of ether oxygens (including phenoxy) is 1. The summed E-state index contributed by atoms with van der Waals surface area (Å²) in [5, 5.41) is 12.1. The molecule has 1 aromatic heterocycles. The van der Waals surface area contributed by atoms with Crippen LogP contribution in [0.5, 0.6) is 0 Å². The number of rotatable bonds is 7. The molecule has 2 aromatic rings. The van der Waals surface area contributed by atoms with Crippen LogP contribution >= 0.6 is 11.8 Å². The molecule has 0 radical (unpaired) electrons. The van der Waals surface area contributed by atoms with E-state index in [0.717, 1.165) is 35.5 Å². The third kappa shape index (κ3) is 4.25. The molecule has 6 nitrogen and oxygen atoms in total. The molecule has 2 N–H and O–H groups in total. The third-order valence-corrected chi connectivity index (χ3v) is 6.30. The molecule has 0 bridgehead atoms. The Morgan fingerprint density at radius 2 is 2.00 bits per heavy atom. The van der Waals surface area contributed by atoms with Gasteiger partial charge in [0.15, 0.2) is 0 Å². The number of carboxylic acid groups (broad SMARTS) is 1. The van der Waals surface area contributed by atoms with Crippen LogP contribution in [0.15, 0.2) is 30.3 Å². The van der Waals surface area contributed by atoms with Crippen LogP contribution in [0.25, 0.3) is 5.69 Å². The fourth-order valence-corrected chi connectivity index (χ4v) is 4.61. The van der Waals surface area contributed by atoms with Gasteiger partial charge in [0.1, 0.15) is 5.25 Å².